The van der Waals surface area contributed by atoms with Gasteiger partial charge < -0.3 is 39.9 Å². The van der Waals surface area contributed by atoms with Crippen LogP contribution in [0.2, 0.25) is 0 Å². The number of aliphatic hydroxyl groups excluding tert-OH is 4. The molecule has 8 aromatic rings. The molecule has 12 rings (SSSR count). The third kappa shape index (κ3) is 21.6. The maximum atomic E-state index is 13.2. The standard InChI is InChI=1S/C19H18F3NO5S.C17H14F3NO3.C17H12F3NO3.C10H10O3.C7H4F3NO.C2H5ClO2S/c1-2-29(26,27)28-17-9-14-11(7-13(17)10-24)6-12(18(14)25)8-16-15(19(20,21)22)4-3-5-23-16;2*18-17(19,20)13-2-1-3-21-14(13)6-10-4-9-5-11(8-22)15(23)7-12(9)16(10)24;11-5-7-3-6-1-2-9(12)8(6)4-10(7)13;8-7(9,10)5-2-1-3-11-6(5)4-12;1-2-6(3,4)5/h3-5,7,9,12,24H,2,6,8,10H2,1H3;1-3,5,7,10,22-23H,4,6,8H2;1-3,5-7,22-23H,4,8H2;3-4,11,13H,1-2,5H2;1-4H;2H2,1H3/b;;10-6+;;;. The van der Waals surface area contributed by atoms with Crippen molar-refractivity contribution in [2.24, 2.45) is 11.8 Å². The maximum absolute atomic E-state index is 13.2. The number of carbonyl (C=O) groups excluding carboxylic acids is 5. The van der Waals surface area contributed by atoms with E-state index in [0.717, 1.165) is 54.6 Å². The summed E-state index contributed by atoms with van der Waals surface area (Å²) in [5.41, 5.74) is 0.375. The Kier molecular flexibility index (Phi) is 27.9. The zero-order chi connectivity index (χ0) is 80.2. The van der Waals surface area contributed by atoms with E-state index in [9.17, 15) is 114 Å². The number of pyridine rings is 4. The minimum absolute atomic E-state index is 0.00849. The van der Waals surface area contributed by atoms with E-state index >= 15 is 0 Å². The SMILES string of the molecule is CCS(=O)(=O)Cl.CCS(=O)(=O)Oc1cc2c(cc1CO)CC(Cc1ncccc1C(F)(F)F)C2=O.O=C1/C(=C/c2ncccc2C(F)(F)F)Cc2cc(CO)c(O)cc21.O=C1CCc2cc(CO)c(O)cc21.O=C1c2cc(O)c(CO)cc2CC1Cc1ncccc1C(F)(F)F.O=Cc1ncccc1C(F)(F)F. The summed E-state index contributed by atoms with van der Waals surface area (Å²) in [6, 6.07) is 19.6. The lowest BCUT2D eigenvalue weighted by Gasteiger charge is -2.14. The molecule has 0 saturated heterocycles. The molecule has 36 heteroatoms. The van der Waals surface area contributed by atoms with E-state index in [1.165, 1.54) is 93.1 Å². The largest absolute Gasteiger partial charge is 0.508 e. The van der Waals surface area contributed by atoms with Gasteiger partial charge in [0, 0.05) is 123 Å². The minimum atomic E-state index is -4.59. The summed E-state index contributed by atoms with van der Waals surface area (Å²) in [4.78, 5) is 73.5. The number of fused-ring (bicyclic) bond motifs is 4. The number of allylic oxidation sites excluding steroid dienone is 1. The quantitative estimate of drug-likeness (QED) is 0.0175. The lowest BCUT2D eigenvalue weighted by molar-refractivity contribution is -0.139. The molecule has 7 N–H and O–H groups in total. The van der Waals surface area contributed by atoms with Gasteiger partial charge in [-0.05, 0) is 152 Å². The Labute approximate surface area is 611 Å². The van der Waals surface area contributed by atoms with Crippen LogP contribution in [0.1, 0.15) is 156 Å². The fourth-order valence-corrected chi connectivity index (χ4v) is 12.0. The van der Waals surface area contributed by atoms with E-state index in [2.05, 4.69) is 30.6 Å². The number of hydrogen-bond donors (Lipinski definition) is 7. The van der Waals surface area contributed by atoms with Gasteiger partial charge in [0.25, 0.3) is 0 Å². The Hall–Kier alpha value is -10.0. The van der Waals surface area contributed by atoms with Gasteiger partial charge in [-0.15, -0.1) is 0 Å². The summed E-state index contributed by atoms with van der Waals surface area (Å²) in [6.45, 7) is 1.39. The van der Waals surface area contributed by atoms with Gasteiger partial charge in [-0.2, -0.15) is 61.1 Å². The molecule has 4 aliphatic carbocycles. The zero-order valence-electron chi connectivity index (χ0n) is 56.3. The Balaban J connectivity index is 0.000000190. The normalized spacial score (nSPS) is 15.5. The van der Waals surface area contributed by atoms with Gasteiger partial charge >= 0.3 is 34.8 Å². The summed E-state index contributed by atoms with van der Waals surface area (Å²) in [6.07, 6.45) is -10.7. The van der Waals surface area contributed by atoms with Crippen LogP contribution in [0.25, 0.3) is 6.08 Å². The Morgan fingerprint density at radius 3 is 1.29 bits per heavy atom. The van der Waals surface area contributed by atoms with Crippen LogP contribution in [0, 0.1) is 11.8 Å². The summed E-state index contributed by atoms with van der Waals surface area (Å²) >= 11 is 0. The second-order valence-corrected chi connectivity index (χ2v) is 28.9. The van der Waals surface area contributed by atoms with Crippen LogP contribution in [0.4, 0.5) is 52.7 Å². The number of rotatable bonds is 14. The van der Waals surface area contributed by atoms with E-state index in [1.54, 1.807) is 6.07 Å². The number of hydrogen-bond acceptors (Lipinski definition) is 21. The first-order chi connectivity index (χ1) is 50.5. The average molecular weight is 1580 g/mol. The lowest BCUT2D eigenvalue weighted by atomic mass is 9.96. The number of aliphatic hydroxyl groups is 4. The van der Waals surface area contributed by atoms with Crippen LogP contribution in [0.15, 0.2) is 127 Å². The highest BCUT2D eigenvalue weighted by molar-refractivity contribution is 8.13. The van der Waals surface area contributed by atoms with Crippen molar-refractivity contribution in [3.63, 3.8) is 0 Å². The molecule has 4 aromatic carbocycles. The minimum Gasteiger partial charge on any atom is -0.508 e. The Bertz CT molecular complexity index is 4980. The van der Waals surface area contributed by atoms with E-state index in [-0.39, 0.29) is 148 Å². The number of ketones is 4. The number of alkyl halides is 12. The van der Waals surface area contributed by atoms with E-state index in [1.807, 2.05) is 0 Å². The van der Waals surface area contributed by atoms with Gasteiger partial charge in [-0.1, -0.05) is 6.92 Å². The highest BCUT2D eigenvalue weighted by Crippen LogP contribution is 2.42. The van der Waals surface area contributed by atoms with E-state index in [4.69, 9.17) is 19.5 Å². The van der Waals surface area contributed by atoms with E-state index < -0.39 is 108 Å². The molecule has 4 aromatic heterocycles. The number of aromatic nitrogens is 4. The predicted molar refractivity (Wildman–Crippen MR) is 361 cm³/mol. The van der Waals surface area contributed by atoms with Crippen LogP contribution in [-0.2, 0) is 109 Å². The van der Waals surface area contributed by atoms with Crippen LogP contribution in [0.3, 0.4) is 0 Å². The summed E-state index contributed by atoms with van der Waals surface area (Å²) < 4.78 is 202. The third-order valence-electron chi connectivity index (χ3n) is 16.8. The van der Waals surface area contributed by atoms with Gasteiger partial charge in [0.05, 0.1) is 77.3 Å². The lowest BCUT2D eigenvalue weighted by Crippen LogP contribution is -2.17. The van der Waals surface area contributed by atoms with Crippen molar-refractivity contribution in [2.75, 3.05) is 11.5 Å². The maximum Gasteiger partial charge on any atom is 0.418 e. The smallest absolute Gasteiger partial charge is 0.418 e. The highest BCUT2D eigenvalue weighted by Gasteiger charge is 2.41. The van der Waals surface area contributed by atoms with Crippen LogP contribution >= 0.6 is 10.7 Å². The van der Waals surface area contributed by atoms with E-state index in [0.29, 0.717) is 39.8 Å². The molecular formula is C72H63ClF12N4O17S2. The second-order valence-electron chi connectivity index (χ2n) is 23.9. The van der Waals surface area contributed by atoms with Gasteiger partial charge in [0.15, 0.2) is 29.4 Å². The fraction of sp³-hybridized carbons (Fsp3) is 0.292. The molecule has 0 amide bonds. The van der Waals surface area contributed by atoms with Crippen molar-refractivity contribution in [3.05, 3.63) is 239 Å². The fourth-order valence-electron chi connectivity index (χ4n) is 11.4. The predicted octanol–water partition coefficient (Wildman–Crippen LogP) is 12.4. The van der Waals surface area contributed by atoms with Gasteiger partial charge in [0.1, 0.15) is 28.7 Å². The van der Waals surface area contributed by atoms with Gasteiger partial charge in [-0.25, -0.2) is 8.42 Å². The molecule has 576 valence electrons. The van der Waals surface area contributed by atoms with Crippen LogP contribution in [-0.4, -0.2) is 113 Å². The average Bonchev–Trinajstić information content (AvgIpc) is 1.63. The first-order valence-corrected chi connectivity index (χ1v) is 35.9. The first kappa shape index (κ1) is 85.2. The highest BCUT2D eigenvalue weighted by atomic mass is 35.7. The van der Waals surface area contributed by atoms with Crippen molar-refractivity contribution in [2.45, 2.75) is 110 Å². The number of phenols is 3. The number of benzene rings is 4. The monoisotopic (exact) mass is 1580 g/mol. The molecule has 0 saturated carbocycles. The molecular weight excluding hydrogens is 1520 g/mol. The Morgan fingerprint density at radius 1 is 0.491 bits per heavy atom. The van der Waals surface area contributed by atoms with Crippen molar-refractivity contribution in [1.82, 2.24) is 19.9 Å². The Morgan fingerprint density at radius 2 is 0.870 bits per heavy atom. The topological polar surface area (TPSA) is 356 Å². The molecule has 2 unspecified atom stereocenters. The number of aromatic hydroxyl groups is 3. The number of carbonyl (C=O) groups is 5. The molecule has 0 aliphatic heterocycles. The molecule has 4 aliphatic rings. The number of aryl methyl sites for hydroxylation is 1. The molecule has 0 spiro atoms. The number of aldehydes is 1. The van der Waals surface area contributed by atoms with Crippen molar-refractivity contribution >= 4 is 65.3 Å². The van der Waals surface area contributed by atoms with Crippen molar-refractivity contribution < 1.29 is 133 Å². The van der Waals surface area contributed by atoms with Gasteiger partial charge in [0.2, 0.25) is 9.05 Å². The zero-order valence-corrected chi connectivity index (χ0v) is 58.7. The molecule has 2 atom stereocenters. The molecule has 0 radical (unpaired) electrons. The van der Waals surface area contributed by atoms with Crippen molar-refractivity contribution in [1.29, 1.82) is 0 Å². The molecule has 0 bridgehead atoms. The summed E-state index contributed by atoms with van der Waals surface area (Å²) in [5.74, 6) is -3.40. The summed E-state index contributed by atoms with van der Waals surface area (Å²) in [7, 11) is -2.38. The number of halogens is 13. The third-order valence-corrected chi connectivity index (χ3v) is 19.3. The second kappa shape index (κ2) is 35.3. The summed E-state index contributed by atoms with van der Waals surface area (Å²) in [5, 5.41) is 65.6. The number of nitrogens with zero attached hydrogens (tertiary/aromatic N) is 4. The molecule has 108 heavy (non-hydrogen) atoms. The van der Waals surface area contributed by atoms with Gasteiger partial charge in [-0.3, -0.25) is 43.9 Å². The van der Waals surface area contributed by atoms with Crippen LogP contribution in [0.5, 0.6) is 23.0 Å². The number of Topliss-reactive ketones (excluding diaryl/α,β-unsaturated/α-hetero) is 4. The van der Waals surface area contributed by atoms with Crippen LogP contribution < -0.4 is 4.18 Å². The molecule has 21 nitrogen and oxygen atoms in total. The first-order valence-electron chi connectivity index (χ1n) is 31.9. The molecule has 4 heterocycles. The molecule has 0 fully saturated rings. The van der Waals surface area contributed by atoms with Crippen molar-refractivity contribution in [3.8, 4) is 23.0 Å².